The summed E-state index contributed by atoms with van der Waals surface area (Å²) >= 11 is 0. The zero-order valence-corrected chi connectivity index (χ0v) is 22.2. The van der Waals surface area contributed by atoms with Gasteiger partial charge in [-0.2, -0.15) is 0 Å². The molecule has 0 radical (unpaired) electrons. The first kappa shape index (κ1) is 26.1. The molecule has 2 fully saturated rings. The first-order valence-electron chi connectivity index (χ1n) is 13.8. The lowest BCUT2D eigenvalue weighted by atomic mass is 9.79. The highest BCUT2D eigenvalue weighted by Gasteiger charge is 2.23. The summed E-state index contributed by atoms with van der Waals surface area (Å²) < 4.78 is 0. The van der Waals surface area contributed by atoms with E-state index in [9.17, 15) is 10.2 Å². The summed E-state index contributed by atoms with van der Waals surface area (Å²) in [6.45, 7) is 6.20. The molecule has 3 N–H and O–H groups in total. The standard InChI is InChI=1S/C26H34O2.C7H8O/c1-17-13-25(27)23(15-21(17)19-9-5-3-6-10-19)24-16-22(18(2)14-26(24)28)20-11-7-4-8-12-20;1-6-2-4-7(8)5-3-6/h13-16,19-20,27-28H,3-12H2,1-2H3;2-5,8H,1H3. The third-order valence-electron chi connectivity index (χ3n) is 8.18. The summed E-state index contributed by atoms with van der Waals surface area (Å²) in [5.74, 6) is 2.06. The molecule has 0 unspecified atom stereocenters. The molecular formula is C33H42O3. The molecule has 0 aliphatic heterocycles. The second-order valence-corrected chi connectivity index (χ2v) is 11.0. The third kappa shape index (κ3) is 6.24. The second kappa shape index (κ2) is 11.9. The van der Waals surface area contributed by atoms with Crippen LogP contribution in [-0.4, -0.2) is 15.3 Å². The number of phenols is 3. The molecule has 2 aliphatic carbocycles. The van der Waals surface area contributed by atoms with Crippen LogP contribution in [-0.2, 0) is 0 Å². The largest absolute Gasteiger partial charge is 0.508 e. The van der Waals surface area contributed by atoms with Crippen molar-refractivity contribution >= 4 is 0 Å². The quantitative estimate of drug-likeness (QED) is 0.346. The van der Waals surface area contributed by atoms with Crippen LogP contribution in [0.15, 0.2) is 48.5 Å². The van der Waals surface area contributed by atoms with Crippen molar-refractivity contribution in [3.8, 4) is 28.4 Å². The fraction of sp³-hybridized carbons (Fsp3) is 0.455. The molecule has 0 aromatic heterocycles. The van der Waals surface area contributed by atoms with Crippen LogP contribution in [0.2, 0.25) is 0 Å². The van der Waals surface area contributed by atoms with Gasteiger partial charge >= 0.3 is 0 Å². The summed E-state index contributed by atoms with van der Waals surface area (Å²) in [7, 11) is 0. The Balaban J connectivity index is 0.000000325. The monoisotopic (exact) mass is 486 g/mol. The highest BCUT2D eigenvalue weighted by atomic mass is 16.3. The van der Waals surface area contributed by atoms with Gasteiger partial charge in [0.05, 0.1) is 0 Å². The van der Waals surface area contributed by atoms with Gasteiger partial charge in [-0.1, -0.05) is 56.2 Å². The summed E-state index contributed by atoms with van der Waals surface area (Å²) in [4.78, 5) is 0. The van der Waals surface area contributed by atoms with Gasteiger partial charge in [-0.3, -0.25) is 0 Å². The maximum atomic E-state index is 10.8. The van der Waals surface area contributed by atoms with E-state index in [1.165, 1.54) is 92.0 Å². The fourth-order valence-electron chi connectivity index (χ4n) is 6.10. The van der Waals surface area contributed by atoms with E-state index in [-0.39, 0.29) is 11.5 Å². The van der Waals surface area contributed by atoms with E-state index in [4.69, 9.17) is 5.11 Å². The highest BCUT2D eigenvalue weighted by Crippen LogP contribution is 2.44. The number of hydrogen-bond donors (Lipinski definition) is 3. The maximum absolute atomic E-state index is 10.8. The zero-order chi connectivity index (χ0) is 25.7. The minimum absolute atomic E-state index is 0.283. The number of hydrogen-bond acceptors (Lipinski definition) is 3. The molecule has 3 heteroatoms. The predicted octanol–water partition coefficient (Wildman–Crippen LogP) is 9.18. The van der Waals surface area contributed by atoms with E-state index in [1.54, 1.807) is 12.1 Å². The second-order valence-electron chi connectivity index (χ2n) is 11.0. The van der Waals surface area contributed by atoms with Crippen molar-refractivity contribution in [1.29, 1.82) is 0 Å². The number of benzene rings is 3. The number of aromatic hydroxyl groups is 3. The van der Waals surface area contributed by atoms with Gasteiger partial charge in [0.1, 0.15) is 17.2 Å². The predicted molar refractivity (Wildman–Crippen MR) is 149 cm³/mol. The number of rotatable bonds is 3. The molecular weight excluding hydrogens is 444 g/mol. The lowest BCUT2D eigenvalue weighted by molar-refractivity contribution is 0.439. The molecule has 3 aromatic rings. The van der Waals surface area contributed by atoms with E-state index in [0.29, 0.717) is 17.6 Å². The maximum Gasteiger partial charge on any atom is 0.123 e. The normalized spacial score (nSPS) is 16.9. The van der Waals surface area contributed by atoms with Crippen LogP contribution in [0.1, 0.15) is 104 Å². The van der Waals surface area contributed by atoms with E-state index in [1.807, 2.05) is 31.2 Å². The van der Waals surface area contributed by atoms with Crippen LogP contribution in [0.25, 0.3) is 11.1 Å². The van der Waals surface area contributed by atoms with Gasteiger partial charge in [-0.05, 0) is 117 Å². The SMILES string of the molecule is Cc1cc(O)c(-c2cc(C3CCCCC3)c(C)cc2O)cc1C1CCCCC1.Cc1ccc(O)cc1. The van der Waals surface area contributed by atoms with E-state index >= 15 is 0 Å². The van der Waals surface area contributed by atoms with Crippen molar-refractivity contribution in [2.45, 2.75) is 96.8 Å². The first-order chi connectivity index (χ1) is 17.3. The summed E-state index contributed by atoms with van der Waals surface area (Å²) in [6, 6.07) is 15.2. The van der Waals surface area contributed by atoms with Gasteiger partial charge in [0, 0.05) is 11.1 Å². The van der Waals surface area contributed by atoms with Crippen LogP contribution in [0.3, 0.4) is 0 Å². The molecule has 36 heavy (non-hydrogen) atoms. The summed E-state index contributed by atoms with van der Waals surface area (Å²) in [5, 5.41) is 30.3. The Labute approximate surface area is 216 Å². The fourth-order valence-corrected chi connectivity index (χ4v) is 6.10. The van der Waals surface area contributed by atoms with E-state index in [0.717, 1.165) is 11.1 Å². The minimum atomic E-state index is 0.283. The van der Waals surface area contributed by atoms with Gasteiger partial charge in [0.15, 0.2) is 0 Å². The molecule has 3 aromatic carbocycles. The molecule has 2 saturated carbocycles. The number of aryl methyl sites for hydroxylation is 3. The van der Waals surface area contributed by atoms with Crippen LogP contribution in [0.4, 0.5) is 0 Å². The van der Waals surface area contributed by atoms with Crippen molar-refractivity contribution in [3.63, 3.8) is 0 Å². The zero-order valence-electron chi connectivity index (χ0n) is 22.2. The molecule has 0 bridgehead atoms. The molecule has 192 valence electrons. The molecule has 3 nitrogen and oxygen atoms in total. The highest BCUT2D eigenvalue weighted by molar-refractivity contribution is 5.78. The lowest BCUT2D eigenvalue weighted by Gasteiger charge is -2.26. The van der Waals surface area contributed by atoms with Crippen molar-refractivity contribution in [1.82, 2.24) is 0 Å². The average molecular weight is 487 g/mol. The van der Waals surface area contributed by atoms with Crippen molar-refractivity contribution in [2.24, 2.45) is 0 Å². The van der Waals surface area contributed by atoms with Gasteiger partial charge in [-0.15, -0.1) is 0 Å². The number of phenolic OH excluding ortho intramolecular Hbond substituents is 3. The molecule has 0 saturated heterocycles. The van der Waals surface area contributed by atoms with Crippen molar-refractivity contribution in [3.05, 3.63) is 76.3 Å². The van der Waals surface area contributed by atoms with Gasteiger partial charge in [0.25, 0.3) is 0 Å². The van der Waals surface area contributed by atoms with Crippen LogP contribution in [0.5, 0.6) is 17.2 Å². The lowest BCUT2D eigenvalue weighted by Crippen LogP contribution is -2.07. The Hall–Kier alpha value is -2.94. The Morgan fingerprint density at radius 3 is 1.28 bits per heavy atom. The topological polar surface area (TPSA) is 60.7 Å². The Bertz CT molecular complexity index is 1060. The van der Waals surface area contributed by atoms with E-state index < -0.39 is 0 Å². The minimum Gasteiger partial charge on any atom is -0.508 e. The Morgan fingerprint density at radius 2 is 0.917 bits per heavy atom. The Kier molecular flexibility index (Phi) is 8.61. The first-order valence-corrected chi connectivity index (χ1v) is 13.8. The van der Waals surface area contributed by atoms with Gasteiger partial charge < -0.3 is 15.3 Å². The van der Waals surface area contributed by atoms with E-state index in [2.05, 4.69) is 26.0 Å². The van der Waals surface area contributed by atoms with Gasteiger partial charge in [-0.25, -0.2) is 0 Å². The average Bonchev–Trinajstić information content (AvgIpc) is 2.88. The molecule has 0 atom stereocenters. The molecule has 0 amide bonds. The molecule has 5 rings (SSSR count). The third-order valence-corrected chi connectivity index (χ3v) is 8.18. The summed E-state index contributed by atoms with van der Waals surface area (Å²) in [5.41, 5.74) is 7.81. The smallest absolute Gasteiger partial charge is 0.123 e. The summed E-state index contributed by atoms with van der Waals surface area (Å²) in [6.07, 6.45) is 12.8. The Morgan fingerprint density at radius 1 is 0.528 bits per heavy atom. The van der Waals surface area contributed by atoms with Crippen LogP contribution >= 0.6 is 0 Å². The molecule has 2 aliphatic rings. The van der Waals surface area contributed by atoms with Gasteiger partial charge in [0.2, 0.25) is 0 Å². The van der Waals surface area contributed by atoms with Crippen LogP contribution in [0, 0.1) is 20.8 Å². The molecule has 0 heterocycles. The van der Waals surface area contributed by atoms with Crippen molar-refractivity contribution < 1.29 is 15.3 Å². The molecule has 0 spiro atoms. The van der Waals surface area contributed by atoms with Crippen LogP contribution < -0.4 is 0 Å². The van der Waals surface area contributed by atoms with Crippen molar-refractivity contribution in [2.75, 3.05) is 0 Å².